The molecule has 0 aromatic heterocycles. The second-order valence-electron chi connectivity index (χ2n) is 4.25. The van der Waals surface area contributed by atoms with E-state index >= 15 is 0 Å². The van der Waals surface area contributed by atoms with Crippen molar-refractivity contribution in [3.63, 3.8) is 0 Å². The van der Waals surface area contributed by atoms with Gasteiger partial charge in [0.1, 0.15) is 0 Å². The first-order valence-corrected chi connectivity index (χ1v) is 5.43. The molecular weight excluding hydrogens is 176 g/mol. The predicted octanol–water partition coefficient (Wildman–Crippen LogP) is 1.49. The van der Waals surface area contributed by atoms with Crippen molar-refractivity contribution in [1.29, 1.82) is 0 Å². The van der Waals surface area contributed by atoms with E-state index in [-0.39, 0.29) is 11.8 Å². The van der Waals surface area contributed by atoms with Gasteiger partial charge in [-0.1, -0.05) is 20.3 Å². The summed E-state index contributed by atoms with van der Waals surface area (Å²) in [5.41, 5.74) is 0. The van der Waals surface area contributed by atoms with E-state index in [1.807, 2.05) is 21.0 Å². The van der Waals surface area contributed by atoms with Gasteiger partial charge in [0.2, 0.25) is 5.91 Å². The van der Waals surface area contributed by atoms with Crippen molar-refractivity contribution in [2.45, 2.75) is 39.7 Å². The van der Waals surface area contributed by atoms with Gasteiger partial charge in [-0.05, 0) is 27.4 Å². The number of hydrogen-bond acceptors (Lipinski definition) is 2. The normalized spacial score (nSPS) is 15.3. The summed E-state index contributed by atoms with van der Waals surface area (Å²) in [6.45, 7) is 6.93. The number of nitrogens with zero attached hydrogens (tertiary/aromatic N) is 1. The van der Waals surface area contributed by atoms with Crippen LogP contribution in [0.5, 0.6) is 0 Å². The molecule has 0 saturated heterocycles. The molecule has 1 amide bonds. The number of rotatable bonds is 6. The third kappa shape index (κ3) is 5.22. The third-order valence-corrected chi connectivity index (χ3v) is 2.62. The van der Waals surface area contributed by atoms with Gasteiger partial charge in [-0.3, -0.25) is 4.79 Å². The van der Waals surface area contributed by atoms with E-state index in [4.69, 9.17) is 0 Å². The number of carbonyl (C=O) groups is 1. The lowest BCUT2D eigenvalue weighted by atomic mass is 10.1. The topological polar surface area (TPSA) is 32.3 Å². The molecule has 0 bridgehead atoms. The molecule has 0 unspecified atom stereocenters. The molecule has 2 atom stereocenters. The number of amides is 1. The summed E-state index contributed by atoms with van der Waals surface area (Å²) in [4.78, 5) is 13.6. The minimum atomic E-state index is 0.148. The maximum absolute atomic E-state index is 11.5. The Morgan fingerprint density at radius 1 is 1.36 bits per heavy atom. The second kappa shape index (κ2) is 6.82. The molecule has 14 heavy (non-hydrogen) atoms. The molecule has 3 nitrogen and oxygen atoms in total. The van der Waals surface area contributed by atoms with Gasteiger partial charge in [-0.2, -0.15) is 0 Å². The Kier molecular flexibility index (Phi) is 6.54. The van der Waals surface area contributed by atoms with Crippen LogP contribution in [-0.4, -0.2) is 37.5 Å². The van der Waals surface area contributed by atoms with Gasteiger partial charge in [0.05, 0.1) is 0 Å². The predicted molar refractivity (Wildman–Crippen MR) is 60.2 cm³/mol. The fourth-order valence-corrected chi connectivity index (χ4v) is 1.17. The summed E-state index contributed by atoms with van der Waals surface area (Å²) in [5, 5.41) is 2.97. The Labute approximate surface area is 87.9 Å². The maximum Gasteiger partial charge on any atom is 0.222 e. The summed E-state index contributed by atoms with van der Waals surface area (Å²) in [6.07, 6.45) is 2.04. The number of nitrogens with one attached hydrogen (secondary N) is 1. The van der Waals surface area contributed by atoms with E-state index in [0.717, 1.165) is 19.4 Å². The van der Waals surface area contributed by atoms with Crippen molar-refractivity contribution in [2.75, 3.05) is 20.6 Å². The van der Waals surface area contributed by atoms with Crippen LogP contribution in [0.15, 0.2) is 0 Å². The molecule has 0 fully saturated rings. The van der Waals surface area contributed by atoms with Crippen molar-refractivity contribution < 1.29 is 4.79 Å². The van der Waals surface area contributed by atoms with Crippen LogP contribution in [0.3, 0.4) is 0 Å². The first kappa shape index (κ1) is 13.4. The Hall–Kier alpha value is -0.570. The third-order valence-electron chi connectivity index (χ3n) is 2.62. The molecule has 0 aromatic rings. The SMILES string of the molecule is CCC[C@H](C)C(=O)NC[C@H](C)N(C)C. The molecule has 1 N–H and O–H groups in total. The number of likely N-dealkylation sites (N-methyl/N-ethyl adjacent to an activating group) is 1. The van der Waals surface area contributed by atoms with Gasteiger partial charge in [-0.15, -0.1) is 0 Å². The van der Waals surface area contributed by atoms with Crippen LogP contribution in [0.1, 0.15) is 33.6 Å². The summed E-state index contributed by atoms with van der Waals surface area (Å²) in [5.74, 6) is 0.329. The largest absolute Gasteiger partial charge is 0.354 e. The number of hydrogen-bond donors (Lipinski definition) is 1. The fourth-order valence-electron chi connectivity index (χ4n) is 1.17. The minimum Gasteiger partial charge on any atom is -0.354 e. The Balaban J connectivity index is 3.73. The highest BCUT2D eigenvalue weighted by molar-refractivity contribution is 5.78. The standard InChI is InChI=1S/C11H24N2O/c1-6-7-9(2)11(14)12-8-10(3)13(4)5/h9-10H,6-8H2,1-5H3,(H,12,14)/t9-,10-/m0/s1. The van der Waals surface area contributed by atoms with E-state index in [1.165, 1.54) is 0 Å². The first-order valence-electron chi connectivity index (χ1n) is 5.43. The zero-order chi connectivity index (χ0) is 11.1. The lowest BCUT2D eigenvalue weighted by Crippen LogP contribution is -2.40. The molecular formula is C11H24N2O. The maximum atomic E-state index is 11.5. The van der Waals surface area contributed by atoms with Crippen LogP contribution in [0.25, 0.3) is 0 Å². The second-order valence-corrected chi connectivity index (χ2v) is 4.25. The molecule has 0 heterocycles. The minimum absolute atomic E-state index is 0.148. The molecule has 3 heteroatoms. The monoisotopic (exact) mass is 200 g/mol. The van der Waals surface area contributed by atoms with Crippen LogP contribution in [0.4, 0.5) is 0 Å². The highest BCUT2D eigenvalue weighted by atomic mass is 16.1. The molecule has 84 valence electrons. The molecule has 0 aliphatic rings. The van der Waals surface area contributed by atoms with Crippen molar-refractivity contribution in [3.8, 4) is 0 Å². The van der Waals surface area contributed by atoms with Gasteiger partial charge in [0.25, 0.3) is 0 Å². The lowest BCUT2D eigenvalue weighted by molar-refractivity contribution is -0.124. The summed E-state index contributed by atoms with van der Waals surface area (Å²) >= 11 is 0. The fraction of sp³-hybridized carbons (Fsp3) is 0.909. The van der Waals surface area contributed by atoms with E-state index in [0.29, 0.717) is 6.04 Å². The average molecular weight is 200 g/mol. The summed E-state index contributed by atoms with van der Waals surface area (Å²) in [7, 11) is 4.04. The quantitative estimate of drug-likeness (QED) is 0.704. The van der Waals surface area contributed by atoms with Gasteiger partial charge in [-0.25, -0.2) is 0 Å². The highest BCUT2D eigenvalue weighted by Gasteiger charge is 2.12. The molecule has 0 aliphatic carbocycles. The zero-order valence-corrected chi connectivity index (χ0v) is 10.1. The average Bonchev–Trinajstić information content (AvgIpc) is 2.13. The van der Waals surface area contributed by atoms with Crippen LogP contribution in [-0.2, 0) is 4.79 Å². The van der Waals surface area contributed by atoms with Crippen LogP contribution >= 0.6 is 0 Å². The molecule has 0 aliphatic heterocycles. The Morgan fingerprint density at radius 2 is 1.93 bits per heavy atom. The molecule has 0 rings (SSSR count). The molecule has 0 radical (unpaired) electrons. The molecule has 0 saturated carbocycles. The highest BCUT2D eigenvalue weighted by Crippen LogP contribution is 2.04. The zero-order valence-electron chi connectivity index (χ0n) is 10.1. The first-order chi connectivity index (χ1) is 6.49. The Bertz CT molecular complexity index is 169. The van der Waals surface area contributed by atoms with Gasteiger partial charge in [0.15, 0.2) is 0 Å². The van der Waals surface area contributed by atoms with Gasteiger partial charge in [0, 0.05) is 18.5 Å². The van der Waals surface area contributed by atoms with E-state index < -0.39 is 0 Å². The molecule has 0 spiro atoms. The van der Waals surface area contributed by atoms with Crippen molar-refractivity contribution in [3.05, 3.63) is 0 Å². The van der Waals surface area contributed by atoms with Gasteiger partial charge < -0.3 is 10.2 Å². The van der Waals surface area contributed by atoms with E-state index in [1.54, 1.807) is 0 Å². The summed E-state index contributed by atoms with van der Waals surface area (Å²) in [6, 6.07) is 0.396. The van der Waals surface area contributed by atoms with Crippen molar-refractivity contribution >= 4 is 5.91 Å². The van der Waals surface area contributed by atoms with Gasteiger partial charge >= 0.3 is 0 Å². The van der Waals surface area contributed by atoms with Crippen LogP contribution in [0.2, 0.25) is 0 Å². The van der Waals surface area contributed by atoms with Crippen LogP contribution in [0, 0.1) is 5.92 Å². The summed E-state index contributed by atoms with van der Waals surface area (Å²) < 4.78 is 0. The van der Waals surface area contributed by atoms with Crippen molar-refractivity contribution in [2.24, 2.45) is 5.92 Å². The van der Waals surface area contributed by atoms with Crippen molar-refractivity contribution in [1.82, 2.24) is 10.2 Å². The Morgan fingerprint density at radius 3 is 2.36 bits per heavy atom. The number of carbonyl (C=O) groups excluding carboxylic acids is 1. The van der Waals surface area contributed by atoms with E-state index in [9.17, 15) is 4.79 Å². The van der Waals surface area contributed by atoms with E-state index in [2.05, 4.69) is 24.1 Å². The smallest absolute Gasteiger partial charge is 0.222 e. The molecule has 0 aromatic carbocycles. The lowest BCUT2D eigenvalue weighted by Gasteiger charge is -2.21. The van der Waals surface area contributed by atoms with Crippen LogP contribution < -0.4 is 5.32 Å².